The van der Waals surface area contributed by atoms with Gasteiger partial charge in [0.05, 0.1) is 17.2 Å². The first-order valence-corrected chi connectivity index (χ1v) is 10.3. The Kier molecular flexibility index (Phi) is 5.84. The summed E-state index contributed by atoms with van der Waals surface area (Å²) in [5.41, 5.74) is 1.08. The highest BCUT2D eigenvalue weighted by molar-refractivity contribution is 9.10. The standard InChI is InChI=1S/C16H21BrFNO3S/c1-11(2)10-23(21,22)7-5-15(20)19-6-3-4-12-8-13(17)9-14(18)16(12)19/h8-9,11H,3-7,10H2,1-2H3. The summed E-state index contributed by atoms with van der Waals surface area (Å²) in [5, 5.41) is 0. The SMILES string of the molecule is CC(C)CS(=O)(=O)CCC(=O)N1CCCc2cc(Br)cc(F)c21. The number of amides is 1. The number of hydrogen-bond acceptors (Lipinski definition) is 3. The van der Waals surface area contributed by atoms with Gasteiger partial charge in [0.2, 0.25) is 5.91 Å². The van der Waals surface area contributed by atoms with Crippen LogP contribution < -0.4 is 4.90 Å². The van der Waals surface area contributed by atoms with Crippen LogP contribution in [0.5, 0.6) is 0 Å². The molecule has 23 heavy (non-hydrogen) atoms. The first-order valence-electron chi connectivity index (χ1n) is 7.68. The van der Waals surface area contributed by atoms with E-state index in [0.29, 0.717) is 23.1 Å². The first-order chi connectivity index (χ1) is 10.7. The van der Waals surface area contributed by atoms with Gasteiger partial charge < -0.3 is 4.90 Å². The van der Waals surface area contributed by atoms with Crippen molar-refractivity contribution in [3.63, 3.8) is 0 Å². The predicted molar refractivity (Wildman–Crippen MR) is 92.9 cm³/mol. The maximum absolute atomic E-state index is 14.2. The molecule has 0 atom stereocenters. The summed E-state index contributed by atoms with van der Waals surface area (Å²) in [6, 6.07) is 3.15. The molecular formula is C16H21BrFNO3S. The van der Waals surface area contributed by atoms with Gasteiger partial charge in [0.1, 0.15) is 5.82 Å². The van der Waals surface area contributed by atoms with Gasteiger partial charge >= 0.3 is 0 Å². The molecule has 2 rings (SSSR count). The molecule has 0 radical (unpaired) electrons. The van der Waals surface area contributed by atoms with Crippen LogP contribution in [0.1, 0.15) is 32.3 Å². The molecule has 0 aromatic heterocycles. The maximum atomic E-state index is 14.2. The molecule has 1 heterocycles. The topological polar surface area (TPSA) is 54.5 Å². The highest BCUT2D eigenvalue weighted by atomic mass is 79.9. The number of carbonyl (C=O) groups is 1. The van der Waals surface area contributed by atoms with Crippen molar-refractivity contribution >= 4 is 37.4 Å². The zero-order valence-electron chi connectivity index (χ0n) is 13.3. The van der Waals surface area contributed by atoms with Crippen molar-refractivity contribution < 1.29 is 17.6 Å². The van der Waals surface area contributed by atoms with Gasteiger partial charge in [0, 0.05) is 17.4 Å². The van der Waals surface area contributed by atoms with Crippen LogP contribution in [0.2, 0.25) is 0 Å². The molecule has 0 saturated heterocycles. The van der Waals surface area contributed by atoms with Gasteiger partial charge in [0.25, 0.3) is 0 Å². The lowest BCUT2D eigenvalue weighted by Gasteiger charge is -2.30. The molecular weight excluding hydrogens is 385 g/mol. The van der Waals surface area contributed by atoms with Gasteiger partial charge in [-0.1, -0.05) is 29.8 Å². The van der Waals surface area contributed by atoms with Gasteiger partial charge in [-0.25, -0.2) is 12.8 Å². The van der Waals surface area contributed by atoms with Gasteiger partial charge in [-0.15, -0.1) is 0 Å². The lowest BCUT2D eigenvalue weighted by Crippen LogP contribution is -2.37. The third kappa shape index (κ3) is 4.76. The fourth-order valence-corrected chi connectivity index (χ4v) is 5.02. The lowest BCUT2D eigenvalue weighted by molar-refractivity contribution is -0.118. The summed E-state index contributed by atoms with van der Waals surface area (Å²) in [4.78, 5) is 13.8. The van der Waals surface area contributed by atoms with E-state index in [9.17, 15) is 17.6 Å². The first kappa shape index (κ1) is 18.4. The maximum Gasteiger partial charge on any atom is 0.228 e. The largest absolute Gasteiger partial charge is 0.309 e. The second-order valence-corrected chi connectivity index (χ2v) is 9.45. The molecule has 1 aromatic rings. The number of rotatable bonds is 5. The number of carbonyl (C=O) groups excluding carboxylic acids is 1. The molecule has 128 valence electrons. The minimum atomic E-state index is -3.26. The Bertz CT molecular complexity index is 704. The Morgan fingerprint density at radius 2 is 2.09 bits per heavy atom. The number of benzene rings is 1. The summed E-state index contributed by atoms with van der Waals surface area (Å²) < 4.78 is 38.8. The normalized spacial score (nSPS) is 14.9. The summed E-state index contributed by atoms with van der Waals surface area (Å²) in [7, 11) is -3.26. The van der Waals surface area contributed by atoms with Crippen molar-refractivity contribution in [1.82, 2.24) is 0 Å². The zero-order chi connectivity index (χ0) is 17.2. The monoisotopic (exact) mass is 405 g/mol. The van der Waals surface area contributed by atoms with E-state index in [1.54, 1.807) is 0 Å². The Labute approximate surface area is 145 Å². The Morgan fingerprint density at radius 1 is 1.39 bits per heavy atom. The van der Waals surface area contributed by atoms with Crippen molar-refractivity contribution in [2.24, 2.45) is 5.92 Å². The quantitative estimate of drug-likeness (QED) is 0.754. The van der Waals surface area contributed by atoms with Crippen molar-refractivity contribution in [1.29, 1.82) is 0 Å². The Morgan fingerprint density at radius 3 is 2.74 bits per heavy atom. The zero-order valence-corrected chi connectivity index (χ0v) is 15.7. The molecule has 4 nitrogen and oxygen atoms in total. The number of aryl methyl sites for hydroxylation is 1. The number of sulfone groups is 1. The van der Waals surface area contributed by atoms with E-state index in [2.05, 4.69) is 15.9 Å². The van der Waals surface area contributed by atoms with E-state index in [4.69, 9.17) is 0 Å². The number of halogens is 2. The van der Waals surface area contributed by atoms with Crippen molar-refractivity contribution in [2.45, 2.75) is 33.1 Å². The molecule has 0 unspecified atom stereocenters. The van der Waals surface area contributed by atoms with Gasteiger partial charge in [-0.05, 0) is 36.5 Å². The third-order valence-electron chi connectivity index (χ3n) is 3.72. The molecule has 0 aliphatic carbocycles. The number of anilines is 1. The minimum Gasteiger partial charge on any atom is -0.309 e. The molecule has 1 aliphatic heterocycles. The van der Waals surface area contributed by atoms with Crippen LogP contribution in [0.3, 0.4) is 0 Å². The molecule has 1 aliphatic rings. The van der Waals surface area contributed by atoms with Crippen LogP contribution in [0.4, 0.5) is 10.1 Å². The van der Waals surface area contributed by atoms with Crippen LogP contribution in [-0.4, -0.2) is 32.4 Å². The molecule has 1 aromatic carbocycles. The van der Waals surface area contributed by atoms with Crippen molar-refractivity contribution in [3.05, 3.63) is 28.0 Å². The second kappa shape index (κ2) is 7.30. The molecule has 0 fully saturated rings. The van der Waals surface area contributed by atoms with E-state index in [1.165, 1.54) is 11.0 Å². The second-order valence-electron chi connectivity index (χ2n) is 6.30. The average molecular weight is 406 g/mol. The lowest BCUT2D eigenvalue weighted by atomic mass is 10.0. The fraction of sp³-hybridized carbons (Fsp3) is 0.562. The molecule has 0 saturated carbocycles. The third-order valence-corrected chi connectivity index (χ3v) is 6.18. The van der Waals surface area contributed by atoms with Crippen LogP contribution >= 0.6 is 15.9 Å². The molecule has 0 bridgehead atoms. The van der Waals surface area contributed by atoms with Crippen LogP contribution in [0, 0.1) is 11.7 Å². The van der Waals surface area contributed by atoms with Crippen LogP contribution in [-0.2, 0) is 21.1 Å². The summed E-state index contributed by atoms with van der Waals surface area (Å²) in [6.07, 6.45) is 1.35. The highest BCUT2D eigenvalue weighted by Crippen LogP contribution is 2.33. The predicted octanol–water partition coefficient (Wildman–Crippen LogP) is 3.33. The van der Waals surface area contributed by atoms with Crippen molar-refractivity contribution in [3.8, 4) is 0 Å². The van der Waals surface area contributed by atoms with E-state index < -0.39 is 15.7 Å². The van der Waals surface area contributed by atoms with Crippen LogP contribution in [0.15, 0.2) is 16.6 Å². The van der Waals surface area contributed by atoms with Crippen LogP contribution in [0.25, 0.3) is 0 Å². The smallest absolute Gasteiger partial charge is 0.228 e. The Balaban J connectivity index is 2.14. The molecule has 0 spiro atoms. The number of fused-ring (bicyclic) bond motifs is 1. The van der Waals surface area contributed by atoms with Gasteiger partial charge in [-0.2, -0.15) is 0 Å². The summed E-state index contributed by atoms with van der Waals surface area (Å²) >= 11 is 3.26. The molecule has 0 N–H and O–H groups in total. The molecule has 1 amide bonds. The van der Waals surface area contributed by atoms with Crippen molar-refractivity contribution in [2.75, 3.05) is 23.0 Å². The average Bonchev–Trinajstić information content (AvgIpc) is 2.42. The summed E-state index contributed by atoms with van der Waals surface area (Å²) in [6.45, 7) is 4.08. The number of hydrogen-bond donors (Lipinski definition) is 0. The number of nitrogens with zero attached hydrogens (tertiary/aromatic N) is 1. The van der Waals surface area contributed by atoms with E-state index in [0.717, 1.165) is 12.0 Å². The summed E-state index contributed by atoms with van der Waals surface area (Å²) in [5.74, 6) is -0.876. The van der Waals surface area contributed by atoms with E-state index in [1.807, 2.05) is 19.9 Å². The minimum absolute atomic E-state index is 0.0283. The molecule has 7 heteroatoms. The Hall–Kier alpha value is -0.950. The van der Waals surface area contributed by atoms with E-state index in [-0.39, 0.29) is 29.8 Å². The fourth-order valence-electron chi connectivity index (χ4n) is 2.87. The van der Waals surface area contributed by atoms with Gasteiger partial charge in [0.15, 0.2) is 9.84 Å². The van der Waals surface area contributed by atoms with Gasteiger partial charge in [-0.3, -0.25) is 4.79 Å². The highest BCUT2D eigenvalue weighted by Gasteiger charge is 2.27. The van der Waals surface area contributed by atoms with E-state index >= 15 is 0 Å².